The Morgan fingerprint density at radius 1 is 1.25 bits per heavy atom. The Bertz CT molecular complexity index is 848. The van der Waals surface area contributed by atoms with Crippen molar-refractivity contribution in [3.63, 3.8) is 0 Å². The van der Waals surface area contributed by atoms with E-state index in [0.29, 0.717) is 0 Å². The number of rotatable bonds is 7. The van der Waals surface area contributed by atoms with Crippen molar-refractivity contribution in [3.8, 4) is 5.75 Å². The summed E-state index contributed by atoms with van der Waals surface area (Å²) in [5.74, 6) is 1.00. The van der Waals surface area contributed by atoms with Gasteiger partial charge >= 0.3 is 0 Å². The number of non-ortho nitro benzene ring substituents is 1. The van der Waals surface area contributed by atoms with Crippen LogP contribution in [-0.2, 0) is 24.1 Å². The quantitative estimate of drug-likeness (QED) is 0.537. The number of benzene rings is 2. The van der Waals surface area contributed by atoms with Crippen LogP contribution in [0.1, 0.15) is 36.5 Å². The Hall–Kier alpha value is -2.89. The van der Waals surface area contributed by atoms with Crippen molar-refractivity contribution < 1.29 is 14.5 Å². The van der Waals surface area contributed by atoms with E-state index in [1.54, 1.807) is 19.2 Å². The first-order chi connectivity index (χ1) is 13.5. The monoisotopic (exact) mass is 382 g/mol. The average Bonchev–Trinajstić information content (AvgIpc) is 2.71. The topological polar surface area (TPSA) is 72.7 Å². The number of nitrogens with zero attached hydrogens (tertiary/aromatic N) is 2. The minimum absolute atomic E-state index is 0.0412. The van der Waals surface area contributed by atoms with Gasteiger partial charge in [-0.15, -0.1) is 0 Å². The van der Waals surface area contributed by atoms with E-state index in [9.17, 15) is 14.9 Å². The molecule has 0 unspecified atom stereocenters. The summed E-state index contributed by atoms with van der Waals surface area (Å²) in [6.45, 7) is 2.79. The van der Waals surface area contributed by atoms with Crippen LogP contribution in [0.15, 0.2) is 42.5 Å². The molecule has 0 aromatic heterocycles. The van der Waals surface area contributed by atoms with E-state index in [0.717, 1.165) is 43.5 Å². The number of fused-ring (bicyclic) bond motifs is 1. The molecule has 28 heavy (non-hydrogen) atoms. The van der Waals surface area contributed by atoms with Crippen molar-refractivity contribution >= 4 is 11.6 Å². The van der Waals surface area contributed by atoms with Crippen LogP contribution in [0.2, 0.25) is 0 Å². The first-order valence-corrected chi connectivity index (χ1v) is 9.71. The van der Waals surface area contributed by atoms with Gasteiger partial charge in [0.1, 0.15) is 5.75 Å². The second-order valence-corrected chi connectivity index (χ2v) is 7.18. The molecule has 2 aromatic rings. The van der Waals surface area contributed by atoms with Crippen LogP contribution in [0.3, 0.4) is 0 Å². The molecule has 0 bridgehead atoms. The Balaban J connectivity index is 1.73. The lowest BCUT2D eigenvalue weighted by Crippen LogP contribution is -2.44. The SMILES string of the molecule is CCCN(C(=O)Cc1ccc([N+](=O)[O-])cc1)[C@@H]1CCc2c(cccc2OC)C1. The molecule has 0 aliphatic heterocycles. The number of hydrogen-bond acceptors (Lipinski definition) is 4. The van der Waals surface area contributed by atoms with Gasteiger partial charge in [-0.2, -0.15) is 0 Å². The predicted octanol–water partition coefficient (Wildman–Crippen LogP) is 3.94. The fourth-order valence-corrected chi connectivity index (χ4v) is 3.97. The number of hydrogen-bond donors (Lipinski definition) is 0. The maximum atomic E-state index is 13.0. The van der Waals surface area contributed by atoms with Gasteiger partial charge < -0.3 is 9.64 Å². The molecule has 0 heterocycles. The molecule has 148 valence electrons. The zero-order chi connectivity index (χ0) is 20.1. The smallest absolute Gasteiger partial charge is 0.269 e. The van der Waals surface area contributed by atoms with Crippen molar-refractivity contribution in [1.29, 1.82) is 0 Å². The van der Waals surface area contributed by atoms with Gasteiger partial charge in [0.25, 0.3) is 5.69 Å². The molecule has 1 amide bonds. The number of nitro benzene ring substituents is 1. The molecule has 1 aliphatic carbocycles. The Labute approximate surface area is 165 Å². The van der Waals surface area contributed by atoms with Gasteiger partial charge in [0, 0.05) is 24.7 Å². The van der Waals surface area contributed by atoms with Crippen LogP contribution in [0.25, 0.3) is 0 Å². The first kappa shape index (κ1) is 19.9. The number of methoxy groups -OCH3 is 1. The lowest BCUT2D eigenvalue weighted by atomic mass is 9.86. The highest BCUT2D eigenvalue weighted by molar-refractivity contribution is 5.79. The van der Waals surface area contributed by atoms with Gasteiger partial charge in [-0.05, 0) is 48.4 Å². The highest BCUT2D eigenvalue weighted by Crippen LogP contribution is 2.31. The summed E-state index contributed by atoms with van der Waals surface area (Å²) in [7, 11) is 1.69. The van der Waals surface area contributed by atoms with E-state index in [4.69, 9.17) is 4.74 Å². The third-order valence-corrected chi connectivity index (χ3v) is 5.36. The van der Waals surface area contributed by atoms with E-state index in [1.807, 2.05) is 17.0 Å². The summed E-state index contributed by atoms with van der Waals surface area (Å²) in [4.78, 5) is 25.4. The zero-order valence-electron chi connectivity index (χ0n) is 16.4. The van der Waals surface area contributed by atoms with E-state index in [2.05, 4.69) is 13.0 Å². The molecule has 0 radical (unpaired) electrons. The molecule has 0 N–H and O–H groups in total. The molecule has 6 nitrogen and oxygen atoms in total. The maximum Gasteiger partial charge on any atom is 0.269 e. The summed E-state index contributed by atoms with van der Waals surface area (Å²) in [5.41, 5.74) is 3.34. The van der Waals surface area contributed by atoms with Crippen LogP contribution in [0.5, 0.6) is 5.75 Å². The second kappa shape index (κ2) is 8.87. The van der Waals surface area contributed by atoms with Crippen molar-refractivity contribution in [1.82, 2.24) is 4.90 Å². The number of amides is 1. The van der Waals surface area contributed by atoms with Crippen LogP contribution in [-0.4, -0.2) is 35.4 Å². The standard InChI is InChI=1S/C22H26N2O4/c1-3-13-23(22(25)14-16-7-9-18(10-8-16)24(26)27)19-11-12-20-17(15-19)5-4-6-21(20)28-2/h4-10,19H,3,11-15H2,1-2H3/t19-/m1/s1. The number of nitro groups is 1. The van der Waals surface area contributed by atoms with Crippen LogP contribution in [0, 0.1) is 10.1 Å². The number of ether oxygens (including phenoxy) is 1. The summed E-state index contributed by atoms with van der Waals surface area (Å²) < 4.78 is 5.48. The molecule has 0 fully saturated rings. The van der Waals surface area contributed by atoms with E-state index < -0.39 is 4.92 Å². The minimum Gasteiger partial charge on any atom is -0.496 e. The van der Waals surface area contributed by atoms with Gasteiger partial charge in [-0.1, -0.05) is 31.2 Å². The van der Waals surface area contributed by atoms with Crippen LogP contribution >= 0.6 is 0 Å². The Kier molecular flexibility index (Phi) is 6.29. The summed E-state index contributed by atoms with van der Waals surface area (Å²) in [6, 6.07) is 12.5. The fraction of sp³-hybridized carbons (Fsp3) is 0.409. The highest BCUT2D eigenvalue weighted by Gasteiger charge is 2.28. The van der Waals surface area contributed by atoms with Gasteiger partial charge in [-0.3, -0.25) is 14.9 Å². The summed E-state index contributed by atoms with van der Waals surface area (Å²) in [6.07, 6.45) is 3.81. The van der Waals surface area contributed by atoms with E-state index in [1.165, 1.54) is 23.3 Å². The largest absolute Gasteiger partial charge is 0.496 e. The first-order valence-electron chi connectivity index (χ1n) is 9.71. The predicted molar refractivity (Wildman–Crippen MR) is 108 cm³/mol. The Morgan fingerprint density at radius 2 is 2.00 bits per heavy atom. The number of carbonyl (C=O) groups excluding carboxylic acids is 1. The third kappa shape index (κ3) is 4.32. The Morgan fingerprint density at radius 3 is 2.64 bits per heavy atom. The van der Waals surface area contributed by atoms with Gasteiger partial charge in [0.15, 0.2) is 0 Å². The fourth-order valence-electron chi connectivity index (χ4n) is 3.97. The molecule has 0 saturated heterocycles. The normalized spacial score (nSPS) is 15.6. The summed E-state index contributed by atoms with van der Waals surface area (Å²) >= 11 is 0. The molecular weight excluding hydrogens is 356 g/mol. The summed E-state index contributed by atoms with van der Waals surface area (Å²) in [5, 5.41) is 10.8. The maximum absolute atomic E-state index is 13.0. The number of carbonyl (C=O) groups is 1. The van der Waals surface area contributed by atoms with Gasteiger partial charge in [0.2, 0.25) is 5.91 Å². The molecule has 3 rings (SSSR count). The molecule has 1 atom stereocenters. The molecule has 0 spiro atoms. The van der Waals surface area contributed by atoms with E-state index >= 15 is 0 Å². The molecule has 0 saturated carbocycles. The van der Waals surface area contributed by atoms with Crippen molar-refractivity contribution in [2.24, 2.45) is 0 Å². The lowest BCUT2D eigenvalue weighted by molar-refractivity contribution is -0.384. The minimum atomic E-state index is -0.428. The third-order valence-electron chi connectivity index (χ3n) is 5.36. The van der Waals surface area contributed by atoms with Crippen molar-refractivity contribution in [2.75, 3.05) is 13.7 Å². The lowest BCUT2D eigenvalue weighted by Gasteiger charge is -2.35. The van der Waals surface area contributed by atoms with E-state index in [-0.39, 0.29) is 24.1 Å². The van der Waals surface area contributed by atoms with Crippen LogP contribution < -0.4 is 4.74 Å². The van der Waals surface area contributed by atoms with Crippen molar-refractivity contribution in [3.05, 3.63) is 69.3 Å². The second-order valence-electron chi connectivity index (χ2n) is 7.18. The molecular formula is C22H26N2O4. The van der Waals surface area contributed by atoms with Crippen LogP contribution in [0.4, 0.5) is 5.69 Å². The van der Waals surface area contributed by atoms with Crippen molar-refractivity contribution in [2.45, 2.75) is 45.1 Å². The van der Waals surface area contributed by atoms with Gasteiger partial charge in [-0.25, -0.2) is 0 Å². The molecule has 1 aliphatic rings. The average molecular weight is 382 g/mol. The zero-order valence-corrected chi connectivity index (χ0v) is 16.4. The van der Waals surface area contributed by atoms with Gasteiger partial charge in [0.05, 0.1) is 18.5 Å². The highest BCUT2D eigenvalue weighted by atomic mass is 16.6. The molecule has 6 heteroatoms. The molecule has 2 aromatic carbocycles.